The minimum atomic E-state index is -1.58. The summed E-state index contributed by atoms with van der Waals surface area (Å²) in [5.74, 6) is -4.24. The van der Waals surface area contributed by atoms with E-state index in [1.807, 2.05) is 0 Å². The van der Waals surface area contributed by atoms with Crippen LogP contribution in [-0.4, -0.2) is 54.2 Å². The molecule has 6 nitrogen and oxygen atoms in total. The van der Waals surface area contributed by atoms with Crippen molar-refractivity contribution in [1.82, 2.24) is 9.88 Å². The van der Waals surface area contributed by atoms with Gasteiger partial charge in [0.25, 0.3) is 0 Å². The third-order valence-corrected chi connectivity index (χ3v) is 5.71. The molecule has 1 saturated heterocycles. The average Bonchev–Trinajstić information content (AvgIpc) is 3.44. The van der Waals surface area contributed by atoms with Crippen LogP contribution in [-0.2, 0) is 6.54 Å². The molecule has 2 fully saturated rings. The number of fused-ring (bicyclic) bond motifs is 1. The number of pyridine rings is 1. The van der Waals surface area contributed by atoms with E-state index >= 15 is 4.39 Å². The molecule has 10 heteroatoms. The molecule has 162 valence electrons. The molecule has 1 aliphatic heterocycles. The number of nitrogens with one attached hydrogen (secondary N) is 1. The van der Waals surface area contributed by atoms with Crippen LogP contribution in [0.1, 0.15) is 23.2 Å². The Morgan fingerprint density at radius 2 is 2.00 bits per heavy atom. The zero-order valence-corrected chi connectivity index (χ0v) is 16.0. The quantitative estimate of drug-likeness (QED) is 0.665. The number of nitrogens with zero attached hydrogens (tertiary/aromatic N) is 2. The average molecular weight is 427 g/mol. The Morgan fingerprint density at radius 3 is 2.63 bits per heavy atom. The zero-order chi connectivity index (χ0) is 21.6. The number of anilines is 1. The number of aryl methyl sites for hydroxylation is 1. The zero-order valence-electron chi connectivity index (χ0n) is 16.0. The molecule has 0 amide bonds. The van der Waals surface area contributed by atoms with Gasteiger partial charge >= 0.3 is 5.97 Å². The van der Waals surface area contributed by atoms with Crippen LogP contribution < -0.4 is 15.6 Å². The molecule has 1 aromatic heterocycles. The highest BCUT2D eigenvalue weighted by atomic mass is 19.1. The number of alkyl halides is 2. The van der Waals surface area contributed by atoms with Gasteiger partial charge in [-0.2, -0.15) is 0 Å². The molecule has 0 unspecified atom stereocenters. The van der Waals surface area contributed by atoms with Gasteiger partial charge in [-0.25, -0.2) is 22.4 Å². The standard InChI is InChI=1S/C20H21F4N3O3/c21-3-4-26-8-13(20(29)30)19(28)12-5-14(22)18(16(24)17(12)26)27-7-10(15(23)9-27)6-25-11-1-2-11/h5,8,10-11,15,25H,1-4,6-7,9H2,(H,29,30)/t10-,15-/m1/s1. The van der Waals surface area contributed by atoms with Crippen LogP contribution in [0.5, 0.6) is 0 Å². The van der Waals surface area contributed by atoms with Crippen LogP contribution in [0.15, 0.2) is 17.1 Å². The predicted molar refractivity (Wildman–Crippen MR) is 103 cm³/mol. The van der Waals surface area contributed by atoms with Crippen molar-refractivity contribution in [3.05, 3.63) is 39.7 Å². The highest BCUT2D eigenvalue weighted by Gasteiger charge is 2.37. The van der Waals surface area contributed by atoms with E-state index in [0.717, 1.165) is 29.7 Å². The minimum absolute atomic E-state index is 0.0841. The van der Waals surface area contributed by atoms with E-state index in [9.17, 15) is 27.9 Å². The van der Waals surface area contributed by atoms with E-state index in [2.05, 4.69) is 5.32 Å². The van der Waals surface area contributed by atoms with Gasteiger partial charge in [-0.1, -0.05) is 0 Å². The van der Waals surface area contributed by atoms with Gasteiger partial charge in [-0.05, 0) is 18.9 Å². The molecular weight excluding hydrogens is 406 g/mol. The topological polar surface area (TPSA) is 74.6 Å². The molecule has 0 radical (unpaired) electrons. The number of benzene rings is 1. The Hall–Kier alpha value is -2.62. The number of carboxylic acids is 1. The molecule has 30 heavy (non-hydrogen) atoms. The Bertz CT molecular complexity index is 1050. The minimum Gasteiger partial charge on any atom is -0.477 e. The number of hydrogen-bond donors (Lipinski definition) is 2. The lowest BCUT2D eigenvalue weighted by atomic mass is 10.1. The fourth-order valence-electron chi connectivity index (χ4n) is 4.00. The molecule has 2 atom stereocenters. The summed E-state index contributed by atoms with van der Waals surface area (Å²) in [5.41, 5.74) is -2.66. The van der Waals surface area contributed by atoms with Gasteiger partial charge in [0.15, 0.2) is 5.82 Å². The molecular formula is C20H21F4N3O3. The van der Waals surface area contributed by atoms with Crippen molar-refractivity contribution < 1.29 is 27.5 Å². The van der Waals surface area contributed by atoms with Crippen molar-refractivity contribution in [1.29, 1.82) is 0 Å². The first-order valence-electron chi connectivity index (χ1n) is 9.78. The molecule has 0 spiro atoms. The summed E-state index contributed by atoms with van der Waals surface area (Å²) in [6, 6.07) is 1.12. The number of hydrogen-bond acceptors (Lipinski definition) is 4. The number of rotatable bonds is 7. The number of carbonyl (C=O) groups is 1. The Kier molecular flexibility index (Phi) is 5.44. The SMILES string of the molecule is O=C(O)c1cn(CCF)c2c(F)c(N3C[C@@H](CNC4CC4)[C@H](F)C3)c(F)cc2c1=O. The van der Waals surface area contributed by atoms with E-state index in [1.165, 1.54) is 4.90 Å². The Morgan fingerprint density at radius 1 is 1.27 bits per heavy atom. The van der Waals surface area contributed by atoms with Gasteiger partial charge in [-0.15, -0.1) is 0 Å². The van der Waals surface area contributed by atoms with Crippen molar-refractivity contribution in [2.75, 3.05) is 31.2 Å². The van der Waals surface area contributed by atoms with E-state index in [4.69, 9.17) is 0 Å². The monoisotopic (exact) mass is 427 g/mol. The first-order valence-corrected chi connectivity index (χ1v) is 9.78. The van der Waals surface area contributed by atoms with Gasteiger partial charge in [0.2, 0.25) is 5.43 Å². The highest BCUT2D eigenvalue weighted by Crippen LogP contribution is 2.34. The van der Waals surface area contributed by atoms with E-state index in [-0.39, 0.29) is 13.1 Å². The third-order valence-electron chi connectivity index (χ3n) is 5.71. The van der Waals surface area contributed by atoms with Crippen molar-refractivity contribution >= 4 is 22.6 Å². The summed E-state index contributed by atoms with van der Waals surface area (Å²) in [6.07, 6.45) is 1.63. The number of aromatic nitrogens is 1. The van der Waals surface area contributed by atoms with E-state index in [0.29, 0.717) is 12.6 Å². The molecule has 2 aliphatic rings. The second-order valence-electron chi connectivity index (χ2n) is 7.84. The summed E-state index contributed by atoms with van der Waals surface area (Å²) in [7, 11) is 0. The Labute approximate surface area is 169 Å². The molecule has 4 rings (SSSR count). The van der Waals surface area contributed by atoms with Crippen molar-refractivity contribution in [3.63, 3.8) is 0 Å². The Balaban J connectivity index is 1.77. The second-order valence-corrected chi connectivity index (χ2v) is 7.84. The van der Waals surface area contributed by atoms with E-state index < -0.39 is 70.5 Å². The largest absolute Gasteiger partial charge is 0.477 e. The van der Waals surface area contributed by atoms with Gasteiger partial charge < -0.3 is 19.9 Å². The van der Waals surface area contributed by atoms with Crippen molar-refractivity contribution in [2.45, 2.75) is 31.6 Å². The molecule has 2 heterocycles. The van der Waals surface area contributed by atoms with Crippen LogP contribution in [0.2, 0.25) is 0 Å². The fourth-order valence-corrected chi connectivity index (χ4v) is 4.00. The first kappa shape index (κ1) is 20.6. The third kappa shape index (κ3) is 3.64. The molecule has 1 aliphatic carbocycles. The first-order chi connectivity index (χ1) is 14.3. The maximum absolute atomic E-state index is 15.4. The lowest BCUT2D eigenvalue weighted by Gasteiger charge is -2.22. The number of aromatic carboxylic acids is 1. The fraction of sp³-hybridized carbons (Fsp3) is 0.500. The molecule has 1 saturated carbocycles. The molecule has 1 aromatic carbocycles. The normalized spacial score (nSPS) is 21.5. The molecule has 2 N–H and O–H groups in total. The van der Waals surface area contributed by atoms with Crippen LogP contribution >= 0.6 is 0 Å². The van der Waals surface area contributed by atoms with Crippen LogP contribution in [0.4, 0.5) is 23.2 Å². The highest BCUT2D eigenvalue weighted by molar-refractivity contribution is 5.93. The summed E-state index contributed by atoms with van der Waals surface area (Å²) in [4.78, 5) is 25.0. The predicted octanol–water partition coefficient (Wildman–Crippen LogP) is 2.47. The summed E-state index contributed by atoms with van der Waals surface area (Å²) in [6.45, 7) is -1.10. The lowest BCUT2D eigenvalue weighted by molar-refractivity contribution is 0.0694. The summed E-state index contributed by atoms with van der Waals surface area (Å²) < 4.78 is 58.7. The van der Waals surface area contributed by atoms with Crippen molar-refractivity contribution in [3.8, 4) is 0 Å². The van der Waals surface area contributed by atoms with Crippen LogP contribution in [0.25, 0.3) is 10.9 Å². The second kappa shape index (κ2) is 7.90. The van der Waals surface area contributed by atoms with Gasteiger partial charge in [0.05, 0.1) is 17.4 Å². The van der Waals surface area contributed by atoms with Gasteiger partial charge in [0, 0.05) is 37.8 Å². The molecule has 2 aromatic rings. The maximum Gasteiger partial charge on any atom is 0.341 e. The van der Waals surface area contributed by atoms with E-state index in [1.54, 1.807) is 0 Å². The van der Waals surface area contributed by atoms with Gasteiger partial charge in [0.1, 0.15) is 29.9 Å². The van der Waals surface area contributed by atoms with Gasteiger partial charge in [-0.3, -0.25) is 4.79 Å². The number of carboxylic acid groups (broad SMARTS) is 1. The maximum atomic E-state index is 15.4. The summed E-state index contributed by atoms with van der Waals surface area (Å²) in [5, 5.41) is 11.9. The summed E-state index contributed by atoms with van der Waals surface area (Å²) >= 11 is 0. The smallest absolute Gasteiger partial charge is 0.341 e. The molecule has 0 bridgehead atoms. The van der Waals surface area contributed by atoms with Crippen molar-refractivity contribution in [2.24, 2.45) is 5.92 Å². The van der Waals surface area contributed by atoms with Crippen LogP contribution in [0, 0.1) is 17.6 Å². The van der Waals surface area contributed by atoms with Crippen LogP contribution in [0.3, 0.4) is 0 Å². The number of halogens is 4. The lowest BCUT2D eigenvalue weighted by Crippen LogP contribution is -2.30.